The standard InChI is InChI=1S/C9H20N2O2S/c1-8(2)11-7-9(3,4)10-5-6-14(11,12)13/h8,10H,5-7H2,1-4H3. The van der Waals surface area contributed by atoms with Gasteiger partial charge in [0.05, 0.1) is 5.75 Å². The average Bonchev–Trinajstić information content (AvgIpc) is 2.07. The summed E-state index contributed by atoms with van der Waals surface area (Å²) in [7, 11) is -3.06. The molecule has 84 valence electrons. The zero-order valence-corrected chi connectivity index (χ0v) is 10.2. The molecule has 0 aromatic heterocycles. The Morgan fingerprint density at radius 1 is 1.36 bits per heavy atom. The number of rotatable bonds is 1. The lowest BCUT2D eigenvalue weighted by Gasteiger charge is -2.31. The van der Waals surface area contributed by atoms with Crippen LogP contribution < -0.4 is 5.32 Å². The molecule has 0 saturated carbocycles. The van der Waals surface area contributed by atoms with Crippen molar-refractivity contribution >= 4 is 10.0 Å². The van der Waals surface area contributed by atoms with Crippen LogP contribution >= 0.6 is 0 Å². The van der Waals surface area contributed by atoms with Crippen LogP contribution in [-0.4, -0.2) is 43.1 Å². The Balaban J connectivity index is 2.95. The predicted octanol–water partition coefficient (Wildman–Crippen LogP) is 0.408. The lowest BCUT2D eigenvalue weighted by molar-refractivity contribution is 0.273. The third kappa shape index (κ3) is 2.68. The van der Waals surface area contributed by atoms with Gasteiger partial charge in [-0.3, -0.25) is 0 Å². The first kappa shape index (κ1) is 11.9. The second kappa shape index (κ2) is 3.79. The number of nitrogens with one attached hydrogen (secondary N) is 1. The van der Waals surface area contributed by atoms with Gasteiger partial charge in [0, 0.05) is 24.7 Å². The number of nitrogens with zero attached hydrogens (tertiary/aromatic N) is 1. The van der Waals surface area contributed by atoms with E-state index in [0.29, 0.717) is 13.1 Å². The molecule has 4 nitrogen and oxygen atoms in total. The Bertz CT molecular complexity index is 296. The fourth-order valence-corrected chi connectivity index (χ4v) is 3.44. The summed E-state index contributed by atoms with van der Waals surface area (Å²) in [4.78, 5) is 0. The third-order valence-corrected chi connectivity index (χ3v) is 4.43. The van der Waals surface area contributed by atoms with Gasteiger partial charge in [-0.25, -0.2) is 8.42 Å². The van der Waals surface area contributed by atoms with Crippen molar-refractivity contribution in [1.29, 1.82) is 0 Å². The van der Waals surface area contributed by atoms with Crippen molar-refractivity contribution in [3.05, 3.63) is 0 Å². The smallest absolute Gasteiger partial charge is 0.215 e. The van der Waals surface area contributed by atoms with Gasteiger partial charge >= 0.3 is 0 Å². The molecule has 1 N–H and O–H groups in total. The SMILES string of the molecule is CC(C)N1CC(C)(C)NCCS1(=O)=O. The summed E-state index contributed by atoms with van der Waals surface area (Å²) in [6.07, 6.45) is 0. The Labute approximate surface area is 86.7 Å². The Morgan fingerprint density at radius 2 is 1.93 bits per heavy atom. The summed E-state index contributed by atoms with van der Waals surface area (Å²) in [6, 6.07) is 0.0409. The zero-order chi connectivity index (χ0) is 11.0. The lowest BCUT2D eigenvalue weighted by atomic mass is 10.1. The molecule has 0 radical (unpaired) electrons. The lowest BCUT2D eigenvalue weighted by Crippen LogP contribution is -2.48. The normalized spacial score (nSPS) is 27.5. The summed E-state index contributed by atoms with van der Waals surface area (Å²) >= 11 is 0. The Kier molecular flexibility index (Phi) is 3.23. The third-order valence-electron chi connectivity index (χ3n) is 2.45. The molecule has 0 spiro atoms. The zero-order valence-electron chi connectivity index (χ0n) is 9.37. The van der Waals surface area contributed by atoms with Gasteiger partial charge < -0.3 is 5.32 Å². The molecule has 1 aliphatic heterocycles. The van der Waals surface area contributed by atoms with Crippen LogP contribution in [0.4, 0.5) is 0 Å². The highest BCUT2D eigenvalue weighted by Gasteiger charge is 2.34. The van der Waals surface area contributed by atoms with Crippen molar-refractivity contribution in [3.8, 4) is 0 Å². The monoisotopic (exact) mass is 220 g/mol. The average molecular weight is 220 g/mol. The first-order chi connectivity index (χ1) is 6.25. The van der Waals surface area contributed by atoms with Crippen LogP contribution in [0.3, 0.4) is 0 Å². The van der Waals surface area contributed by atoms with Gasteiger partial charge in [-0.1, -0.05) is 0 Å². The van der Waals surface area contributed by atoms with Crippen molar-refractivity contribution in [3.63, 3.8) is 0 Å². The maximum atomic E-state index is 11.8. The molecule has 0 amide bonds. The van der Waals surface area contributed by atoms with Gasteiger partial charge in [0.2, 0.25) is 10.0 Å². The minimum absolute atomic E-state index is 0.0409. The molecule has 14 heavy (non-hydrogen) atoms. The second-order valence-corrected chi connectivity index (χ2v) is 6.81. The minimum Gasteiger partial charge on any atom is -0.309 e. The molecule has 0 atom stereocenters. The summed E-state index contributed by atoms with van der Waals surface area (Å²) in [5, 5.41) is 3.24. The van der Waals surface area contributed by atoms with Gasteiger partial charge in [0.1, 0.15) is 0 Å². The first-order valence-corrected chi connectivity index (χ1v) is 6.60. The second-order valence-electron chi connectivity index (χ2n) is 4.77. The molecule has 0 aromatic carbocycles. The van der Waals surface area contributed by atoms with Gasteiger partial charge in [-0.15, -0.1) is 0 Å². The summed E-state index contributed by atoms with van der Waals surface area (Å²) in [5.41, 5.74) is -0.131. The van der Waals surface area contributed by atoms with Crippen molar-refractivity contribution in [2.45, 2.75) is 39.3 Å². The van der Waals surface area contributed by atoms with E-state index in [1.54, 1.807) is 4.31 Å². The van der Waals surface area contributed by atoms with E-state index in [1.807, 2.05) is 27.7 Å². The molecule has 1 heterocycles. The fourth-order valence-electron chi connectivity index (χ4n) is 1.68. The largest absolute Gasteiger partial charge is 0.309 e. The van der Waals surface area contributed by atoms with Crippen LogP contribution in [0.15, 0.2) is 0 Å². The molecule has 1 saturated heterocycles. The van der Waals surface area contributed by atoms with Crippen molar-refractivity contribution in [2.24, 2.45) is 0 Å². The van der Waals surface area contributed by atoms with Crippen molar-refractivity contribution in [2.75, 3.05) is 18.8 Å². The van der Waals surface area contributed by atoms with Crippen molar-refractivity contribution < 1.29 is 8.42 Å². The first-order valence-electron chi connectivity index (χ1n) is 4.99. The highest BCUT2D eigenvalue weighted by Crippen LogP contribution is 2.16. The summed E-state index contributed by atoms with van der Waals surface area (Å²) < 4.78 is 25.2. The van der Waals surface area contributed by atoms with E-state index < -0.39 is 10.0 Å². The maximum absolute atomic E-state index is 11.8. The molecule has 1 aliphatic rings. The molecule has 0 unspecified atom stereocenters. The molecule has 5 heteroatoms. The molecule has 0 bridgehead atoms. The molecule has 1 fully saturated rings. The van der Waals surface area contributed by atoms with Crippen LogP contribution in [0.2, 0.25) is 0 Å². The number of hydrogen-bond acceptors (Lipinski definition) is 3. The molecule has 1 rings (SSSR count). The molecular weight excluding hydrogens is 200 g/mol. The maximum Gasteiger partial charge on any atom is 0.215 e. The summed E-state index contributed by atoms with van der Waals surface area (Å²) in [5.74, 6) is 0.203. The topological polar surface area (TPSA) is 49.4 Å². The summed E-state index contributed by atoms with van der Waals surface area (Å²) in [6.45, 7) is 8.98. The minimum atomic E-state index is -3.06. The molecular formula is C9H20N2O2S. The van der Waals surface area contributed by atoms with Crippen LogP contribution in [-0.2, 0) is 10.0 Å². The van der Waals surface area contributed by atoms with E-state index in [2.05, 4.69) is 5.32 Å². The fraction of sp³-hybridized carbons (Fsp3) is 1.00. The van der Waals surface area contributed by atoms with Gasteiger partial charge in [0.15, 0.2) is 0 Å². The predicted molar refractivity (Wildman–Crippen MR) is 57.7 cm³/mol. The van der Waals surface area contributed by atoms with Gasteiger partial charge in [-0.2, -0.15) is 4.31 Å². The highest BCUT2D eigenvalue weighted by molar-refractivity contribution is 7.89. The quantitative estimate of drug-likeness (QED) is 0.696. The van der Waals surface area contributed by atoms with Gasteiger partial charge in [0.25, 0.3) is 0 Å². The Morgan fingerprint density at radius 3 is 2.43 bits per heavy atom. The Hall–Kier alpha value is -0.130. The van der Waals surface area contributed by atoms with Gasteiger partial charge in [-0.05, 0) is 27.7 Å². The van der Waals surface area contributed by atoms with E-state index in [-0.39, 0.29) is 17.3 Å². The van der Waals surface area contributed by atoms with E-state index in [0.717, 1.165) is 0 Å². The van der Waals surface area contributed by atoms with Crippen LogP contribution in [0, 0.1) is 0 Å². The number of hydrogen-bond donors (Lipinski definition) is 1. The van der Waals surface area contributed by atoms with Crippen molar-refractivity contribution in [1.82, 2.24) is 9.62 Å². The van der Waals surface area contributed by atoms with Crippen LogP contribution in [0.25, 0.3) is 0 Å². The number of sulfonamides is 1. The van der Waals surface area contributed by atoms with Crippen LogP contribution in [0.5, 0.6) is 0 Å². The highest BCUT2D eigenvalue weighted by atomic mass is 32.2. The van der Waals surface area contributed by atoms with E-state index in [9.17, 15) is 8.42 Å². The van der Waals surface area contributed by atoms with Crippen LogP contribution in [0.1, 0.15) is 27.7 Å². The van der Waals surface area contributed by atoms with E-state index >= 15 is 0 Å². The van der Waals surface area contributed by atoms with E-state index in [4.69, 9.17) is 0 Å². The van der Waals surface area contributed by atoms with E-state index in [1.165, 1.54) is 0 Å². The molecule has 0 aromatic rings. The molecule has 0 aliphatic carbocycles.